The third kappa shape index (κ3) is 4.61. The van der Waals surface area contributed by atoms with Gasteiger partial charge in [-0.15, -0.1) is 0 Å². The SMILES string of the molecule is Cc1ccc(N2C(=O)C(Cc3ccccc3)S/C2=C(/C#N)C(=O)NCc2ccco2)cc1. The lowest BCUT2D eigenvalue weighted by molar-refractivity contribution is -0.117. The van der Waals surface area contributed by atoms with Crippen LogP contribution in [-0.2, 0) is 22.6 Å². The van der Waals surface area contributed by atoms with Crippen LogP contribution in [-0.4, -0.2) is 17.1 Å². The van der Waals surface area contributed by atoms with Crippen molar-refractivity contribution in [3.05, 3.63) is 100 Å². The minimum absolute atomic E-state index is 0.0916. The number of carbonyl (C=O) groups excluding carboxylic acids is 2. The maximum absolute atomic E-state index is 13.4. The number of nitriles is 1. The quantitative estimate of drug-likeness (QED) is 0.453. The molecule has 2 amide bonds. The predicted octanol–water partition coefficient (Wildman–Crippen LogP) is 4.33. The lowest BCUT2D eigenvalue weighted by Gasteiger charge is -2.19. The van der Waals surface area contributed by atoms with Gasteiger partial charge in [0.15, 0.2) is 0 Å². The van der Waals surface area contributed by atoms with Crippen LogP contribution in [0.4, 0.5) is 5.69 Å². The molecule has 0 aliphatic carbocycles. The Morgan fingerprint density at radius 1 is 1.12 bits per heavy atom. The zero-order valence-electron chi connectivity index (χ0n) is 17.4. The molecular formula is C25H21N3O3S. The summed E-state index contributed by atoms with van der Waals surface area (Å²) < 4.78 is 5.24. The second-order valence-electron chi connectivity index (χ2n) is 7.36. The van der Waals surface area contributed by atoms with E-state index in [4.69, 9.17) is 4.42 Å². The van der Waals surface area contributed by atoms with Crippen LogP contribution in [0, 0.1) is 18.3 Å². The summed E-state index contributed by atoms with van der Waals surface area (Å²) in [4.78, 5) is 27.8. The molecule has 1 unspecified atom stereocenters. The van der Waals surface area contributed by atoms with Crippen molar-refractivity contribution in [2.24, 2.45) is 0 Å². The topological polar surface area (TPSA) is 86.3 Å². The molecule has 1 N–H and O–H groups in total. The summed E-state index contributed by atoms with van der Waals surface area (Å²) in [5.41, 5.74) is 2.61. The number of furan rings is 1. The molecule has 2 aromatic carbocycles. The van der Waals surface area contributed by atoms with Gasteiger partial charge in [0, 0.05) is 5.69 Å². The van der Waals surface area contributed by atoms with E-state index in [1.165, 1.54) is 22.9 Å². The van der Waals surface area contributed by atoms with Gasteiger partial charge in [-0.25, -0.2) is 0 Å². The number of thioether (sulfide) groups is 1. The molecule has 32 heavy (non-hydrogen) atoms. The molecule has 0 radical (unpaired) electrons. The van der Waals surface area contributed by atoms with Crippen LogP contribution in [0.5, 0.6) is 0 Å². The van der Waals surface area contributed by atoms with Crippen LogP contribution in [0.25, 0.3) is 0 Å². The fourth-order valence-corrected chi connectivity index (χ4v) is 4.72. The summed E-state index contributed by atoms with van der Waals surface area (Å²) in [5.74, 6) is -0.117. The molecule has 6 nitrogen and oxygen atoms in total. The minimum Gasteiger partial charge on any atom is -0.467 e. The van der Waals surface area contributed by atoms with Crippen LogP contribution in [0.15, 0.2) is 88.0 Å². The van der Waals surface area contributed by atoms with Crippen molar-refractivity contribution in [1.82, 2.24) is 5.32 Å². The molecule has 0 spiro atoms. The smallest absolute Gasteiger partial charge is 0.265 e. The van der Waals surface area contributed by atoms with Crippen molar-refractivity contribution in [1.29, 1.82) is 5.26 Å². The van der Waals surface area contributed by atoms with E-state index in [9.17, 15) is 14.9 Å². The highest BCUT2D eigenvalue weighted by molar-refractivity contribution is 8.05. The second kappa shape index (κ2) is 9.58. The van der Waals surface area contributed by atoms with E-state index < -0.39 is 11.2 Å². The Kier molecular flexibility index (Phi) is 6.43. The van der Waals surface area contributed by atoms with E-state index in [-0.39, 0.29) is 18.0 Å². The fourth-order valence-electron chi connectivity index (χ4n) is 3.41. The number of benzene rings is 2. The molecule has 2 heterocycles. The van der Waals surface area contributed by atoms with Crippen LogP contribution in [0.1, 0.15) is 16.9 Å². The van der Waals surface area contributed by atoms with Crippen LogP contribution < -0.4 is 10.2 Å². The molecule has 1 aliphatic heterocycles. The standard InChI is InChI=1S/C25H21N3O3S/c1-17-9-11-19(12-10-17)28-24(30)22(14-18-6-3-2-4-7-18)32-25(28)21(15-26)23(29)27-16-20-8-5-13-31-20/h2-13,22H,14,16H2,1H3,(H,27,29)/b25-21-. The maximum Gasteiger partial charge on any atom is 0.265 e. The van der Waals surface area contributed by atoms with E-state index in [0.29, 0.717) is 22.9 Å². The number of amides is 2. The summed E-state index contributed by atoms with van der Waals surface area (Å²) in [7, 11) is 0. The number of nitrogens with zero attached hydrogens (tertiary/aromatic N) is 2. The van der Waals surface area contributed by atoms with Crippen molar-refractivity contribution >= 4 is 29.3 Å². The summed E-state index contributed by atoms with van der Waals surface area (Å²) in [6, 6.07) is 22.6. The summed E-state index contributed by atoms with van der Waals surface area (Å²) in [6.45, 7) is 2.11. The lowest BCUT2D eigenvalue weighted by atomic mass is 10.1. The first-order valence-corrected chi connectivity index (χ1v) is 11.0. The molecule has 0 saturated carbocycles. The zero-order valence-corrected chi connectivity index (χ0v) is 18.3. The number of rotatable bonds is 6. The highest BCUT2D eigenvalue weighted by Gasteiger charge is 2.40. The normalized spacial score (nSPS) is 17.2. The van der Waals surface area contributed by atoms with Gasteiger partial charge in [-0.1, -0.05) is 59.8 Å². The number of aryl methyl sites for hydroxylation is 1. The minimum atomic E-state index is -0.545. The van der Waals surface area contributed by atoms with E-state index in [0.717, 1.165) is 11.1 Å². The van der Waals surface area contributed by atoms with Gasteiger partial charge >= 0.3 is 0 Å². The maximum atomic E-state index is 13.4. The van der Waals surface area contributed by atoms with E-state index in [1.807, 2.05) is 67.6 Å². The molecule has 0 bridgehead atoms. The van der Waals surface area contributed by atoms with Gasteiger partial charge in [0.1, 0.15) is 22.4 Å². The first kappa shape index (κ1) is 21.5. The van der Waals surface area contributed by atoms with Crippen molar-refractivity contribution in [2.75, 3.05) is 4.90 Å². The van der Waals surface area contributed by atoms with Crippen LogP contribution in [0.2, 0.25) is 0 Å². The number of hydrogen-bond acceptors (Lipinski definition) is 5. The average Bonchev–Trinajstić information content (AvgIpc) is 3.43. The van der Waals surface area contributed by atoms with Crippen molar-refractivity contribution in [2.45, 2.75) is 25.1 Å². The van der Waals surface area contributed by atoms with E-state index in [2.05, 4.69) is 5.32 Å². The predicted molar refractivity (Wildman–Crippen MR) is 123 cm³/mol. The molecule has 7 heteroatoms. The molecule has 3 aromatic rings. The number of anilines is 1. The highest BCUT2D eigenvalue weighted by Crippen LogP contribution is 2.41. The molecule has 1 fully saturated rings. The number of nitrogens with one attached hydrogen (secondary N) is 1. The van der Waals surface area contributed by atoms with Gasteiger partial charge in [0.05, 0.1) is 18.1 Å². The fraction of sp³-hybridized carbons (Fsp3) is 0.160. The molecule has 1 aromatic heterocycles. The van der Waals surface area contributed by atoms with Gasteiger partial charge in [0.2, 0.25) is 5.91 Å². The van der Waals surface area contributed by atoms with E-state index in [1.54, 1.807) is 12.1 Å². The summed E-state index contributed by atoms with van der Waals surface area (Å²) in [6.07, 6.45) is 2.02. The van der Waals surface area contributed by atoms with Crippen molar-refractivity contribution in [3.8, 4) is 6.07 Å². The first-order valence-electron chi connectivity index (χ1n) is 10.1. The third-order valence-corrected chi connectivity index (χ3v) is 6.33. The zero-order chi connectivity index (χ0) is 22.5. The monoisotopic (exact) mass is 443 g/mol. The van der Waals surface area contributed by atoms with Crippen molar-refractivity contribution in [3.63, 3.8) is 0 Å². The molecule has 1 aliphatic rings. The van der Waals surface area contributed by atoms with Gasteiger partial charge in [-0.05, 0) is 43.2 Å². The highest BCUT2D eigenvalue weighted by atomic mass is 32.2. The Bertz CT molecular complexity index is 1180. The molecule has 4 rings (SSSR count). The van der Waals surface area contributed by atoms with Crippen LogP contribution in [0.3, 0.4) is 0 Å². The summed E-state index contributed by atoms with van der Waals surface area (Å²) >= 11 is 1.25. The van der Waals surface area contributed by atoms with Gasteiger partial charge < -0.3 is 9.73 Å². The molecule has 1 saturated heterocycles. The molecule has 1 atom stereocenters. The Balaban J connectivity index is 1.67. The first-order chi connectivity index (χ1) is 15.6. The van der Waals surface area contributed by atoms with Crippen molar-refractivity contribution < 1.29 is 14.0 Å². The van der Waals surface area contributed by atoms with Gasteiger partial charge in [-0.2, -0.15) is 5.26 Å². The molecular weight excluding hydrogens is 422 g/mol. The largest absolute Gasteiger partial charge is 0.467 e. The third-order valence-electron chi connectivity index (χ3n) is 5.06. The van der Waals surface area contributed by atoms with Crippen LogP contribution >= 0.6 is 11.8 Å². The summed E-state index contributed by atoms with van der Waals surface area (Å²) in [5, 5.41) is 12.5. The Hall–Kier alpha value is -3.76. The van der Waals surface area contributed by atoms with E-state index >= 15 is 0 Å². The van der Waals surface area contributed by atoms with Gasteiger partial charge in [0.25, 0.3) is 5.91 Å². The Morgan fingerprint density at radius 3 is 2.53 bits per heavy atom. The Morgan fingerprint density at radius 2 is 1.88 bits per heavy atom. The second-order valence-corrected chi connectivity index (χ2v) is 8.55. The Labute approximate surface area is 190 Å². The van der Waals surface area contributed by atoms with Gasteiger partial charge in [-0.3, -0.25) is 14.5 Å². The molecule has 160 valence electrons. The number of hydrogen-bond donors (Lipinski definition) is 1. The lowest BCUT2D eigenvalue weighted by Crippen LogP contribution is -2.32. The number of carbonyl (C=O) groups is 2. The average molecular weight is 444 g/mol.